The van der Waals surface area contributed by atoms with Crippen LogP contribution in [0, 0.1) is 17.3 Å². The lowest BCUT2D eigenvalue weighted by molar-refractivity contribution is 0.606. The van der Waals surface area contributed by atoms with Crippen molar-refractivity contribution < 1.29 is 0 Å². The van der Waals surface area contributed by atoms with Gasteiger partial charge in [-0.15, -0.1) is 10.2 Å². The summed E-state index contributed by atoms with van der Waals surface area (Å²) in [6.07, 6.45) is 20.8. The van der Waals surface area contributed by atoms with Crippen molar-refractivity contribution in [2.75, 3.05) is 19.0 Å². The van der Waals surface area contributed by atoms with E-state index in [1.54, 1.807) is 0 Å². The second-order valence-electron chi connectivity index (χ2n) is 10.1. The van der Waals surface area contributed by atoms with Gasteiger partial charge in [-0.25, -0.2) is 0 Å². The van der Waals surface area contributed by atoms with Crippen molar-refractivity contribution in [3.05, 3.63) is 78.2 Å². The molecule has 1 heterocycles. The summed E-state index contributed by atoms with van der Waals surface area (Å²) in [7, 11) is 4.15. The van der Waals surface area contributed by atoms with Crippen LogP contribution in [0.25, 0.3) is 5.69 Å². The summed E-state index contributed by atoms with van der Waals surface area (Å²) in [5, 5.41) is 10.8. The molecule has 0 spiro atoms. The molecule has 4 nitrogen and oxygen atoms in total. The quantitative estimate of drug-likeness (QED) is 0.362. The number of rotatable bonds is 8. The molecule has 186 valence electrons. The number of hydrogen-bond donors (Lipinski definition) is 0. The molecule has 1 aromatic heterocycles. The average Bonchev–Trinajstić information content (AvgIpc) is 3.51. The zero-order valence-corrected chi connectivity index (χ0v) is 22.9. The standard InChI is InChI=1S/C28H34N4S.C2H6/c1-20(2)18-25-29-30-27(32(25)24-15-13-23(14-16-24)31(3)4)33-26(21-10-6-5-7-11-21)28-17-9-8-12-22(28)19-28;1-2/h6,8-17,20,22,26H,5,7,18-19H2,1-4H3;1-2H3. The minimum absolute atomic E-state index is 0.191. The highest BCUT2D eigenvalue weighted by atomic mass is 32.2. The molecule has 0 aliphatic heterocycles. The molecule has 1 saturated carbocycles. The minimum Gasteiger partial charge on any atom is -0.378 e. The highest BCUT2D eigenvalue weighted by molar-refractivity contribution is 8.00. The van der Waals surface area contributed by atoms with Gasteiger partial charge in [0.05, 0.1) is 0 Å². The Kier molecular flexibility index (Phi) is 8.05. The third kappa shape index (κ3) is 5.35. The van der Waals surface area contributed by atoms with Crippen LogP contribution in [0.1, 0.15) is 52.8 Å². The number of nitrogens with zero attached hydrogens (tertiary/aromatic N) is 4. The van der Waals surface area contributed by atoms with Gasteiger partial charge in [0.2, 0.25) is 0 Å². The predicted octanol–water partition coefficient (Wildman–Crippen LogP) is 7.43. The van der Waals surface area contributed by atoms with Crippen LogP contribution >= 0.6 is 11.8 Å². The van der Waals surface area contributed by atoms with Crippen molar-refractivity contribution in [3.63, 3.8) is 0 Å². The number of allylic oxidation sites excluding steroid dienone is 7. The van der Waals surface area contributed by atoms with Gasteiger partial charge in [-0.1, -0.05) is 82.0 Å². The molecule has 3 aliphatic carbocycles. The summed E-state index contributed by atoms with van der Waals surface area (Å²) < 4.78 is 2.29. The Labute approximate surface area is 215 Å². The van der Waals surface area contributed by atoms with E-state index >= 15 is 0 Å². The van der Waals surface area contributed by atoms with Gasteiger partial charge >= 0.3 is 0 Å². The summed E-state index contributed by atoms with van der Waals surface area (Å²) in [5.41, 5.74) is 3.97. The fraction of sp³-hybridized carbons (Fsp3) is 0.467. The molecule has 0 amide bonds. The minimum atomic E-state index is 0.191. The van der Waals surface area contributed by atoms with E-state index in [0.29, 0.717) is 17.1 Å². The molecule has 1 aromatic carbocycles. The van der Waals surface area contributed by atoms with Crippen molar-refractivity contribution in [2.24, 2.45) is 17.3 Å². The number of fused-ring (bicyclic) bond motifs is 1. The number of anilines is 1. The van der Waals surface area contributed by atoms with E-state index in [1.807, 2.05) is 25.6 Å². The molecule has 0 bridgehead atoms. The van der Waals surface area contributed by atoms with Gasteiger partial charge < -0.3 is 4.90 Å². The fourth-order valence-electron chi connectivity index (χ4n) is 5.04. The van der Waals surface area contributed by atoms with Crippen LogP contribution in [0.2, 0.25) is 0 Å². The Morgan fingerprint density at radius 2 is 1.86 bits per heavy atom. The van der Waals surface area contributed by atoms with Crippen molar-refractivity contribution in [3.8, 4) is 5.69 Å². The van der Waals surface area contributed by atoms with Gasteiger partial charge in [0.15, 0.2) is 5.16 Å². The van der Waals surface area contributed by atoms with Crippen LogP contribution in [-0.4, -0.2) is 34.1 Å². The second kappa shape index (κ2) is 11.0. The van der Waals surface area contributed by atoms with E-state index in [0.717, 1.165) is 35.9 Å². The zero-order valence-electron chi connectivity index (χ0n) is 22.1. The zero-order chi connectivity index (χ0) is 25.0. The lowest BCUT2D eigenvalue weighted by Crippen LogP contribution is -2.23. The van der Waals surface area contributed by atoms with E-state index in [9.17, 15) is 0 Å². The summed E-state index contributed by atoms with van der Waals surface area (Å²) in [6, 6.07) is 8.75. The Morgan fingerprint density at radius 1 is 1.09 bits per heavy atom. The van der Waals surface area contributed by atoms with Crippen LogP contribution in [0.5, 0.6) is 0 Å². The maximum absolute atomic E-state index is 4.75. The lowest BCUT2D eigenvalue weighted by Gasteiger charge is -2.28. The first-order valence-corrected chi connectivity index (χ1v) is 14.0. The van der Waals surface area contributed by atoms with E-state index in [4.69, 9.17) is 5.10 Å². The van der Waals surface area contributed by atoms with Crippen LogP contribution in [0.4, 0.5) is 5.69 Å². The molecule has 3 unspecified atom stereocenters. The van der Waals surface area contributed by atoms with Crippen molar-refractivity contribution in [2.45, 2.75) is 63.8 Å². The van der Waals surface area contributed by atoms with Gasteiger partial charge in [-0.2, -0.15) is 0 Å². The molecule has 1 fully saturated rings. The largest absolute Gasteiger partial charge is 0.378 e. The topological polar surface area (TPSA) is 34.0 Å². The van der Waals surface area contributed by atoms with E-state index in [-0.39, 0.29) is 5.41 Å². The van der Waals surface area contributed by atoms with E-state index in [2.05, 4.69) is 109 Å². The molecular formula is C30H40N4S. The highest BCUT2D eigenvalue weighted by Gasteiger charge is 2.57. The second-order valence-corrected chi connectivity index (χ2v) is 11.2. The SMILES string of the molecule is CC.CC(C)Cc1nnc(SC(C2=CCCC=C2)C23C=CC=CC2C3)n1-c1ccc(N(C)C)cc1. The van der Waals surface area contributed by atoms with Gasteiger partial charge in [0, 0.05) is 42.6 Å². The molecule has 0 N–H and O–H groups in total. The highest BCUT2D eigenvalue weighted by Crippen LogP contribution is 2.64. The molecule has 2 aromatic rings. The first-order chi connectivity index (χ1) is 17.0. The van der Waals surface area contributed by atoms with E-state index in [1.165, 1.54) is 17.7 Å². The lowest BCUT2D eigenvalue weighted by atomic mass is 9.88. The van der Waals surface area contributed by atoms with Crippen molar-refractivity contribution in [1.82, 2.24) is 14.8 Å². The Morgan fingerprint density at radius 3 is 2.49 bits per heavy atom. The molecule has 0 radical (unpaired) electrons. The average molecular weight is 489 g/mol. The number of aromatic nitrogens is 3. The van der Waals surface area contributed by atoms with Crippen LogP contribution < -0.4 is 4.90 Å². The molecule has 0 saturated heterocycles. The summed E-state index contributed by atoms with van der Waals surface area (Å²) >= 11 is 1.90. The predicted molar refractivity (Wildman–Crippen MR) is 150 cm³/mol. The normalized spacial score (nSPS) is 22.8. The summed E-state index contributed by atoms with van der Waals surface area (Å²) in [4.78, 5) is 2.13. The first-order valence-electron chi connectivity index (χ1n) is 13.1. The monoisotopic (exact) mass is 488 g/mol. The first kappa shape index (κ1) is 25.6. The van der Waals surface area contributed by atoms with E-state index < -0.39 is 0 Å². The van der Waals surface area contributed by atoms with Crippen molar-refractivity contribution in [1.29, 1.82) is 0 Å². The fourth-order valence-corrected chi connectivity index (χ4v) is 6.53. The number of hydrogen-bond acceptors (Lipinski definition) is 4. The van der Waals surface area contributed by atoms with Crippen molar-refractivity contribution >= 4 is 17.4 Å². The third-order valence-corrected chi connectivity index (χ3v) is 8.34. The maximum Gasteiger partial charge on any atom is 0.196 e. The van der Waals surface area contributed by atoms with Gasteiger partial charge in [0.25, 0.3) is 0 Å². The summed E-state index contributed by atoms with van der Waals surface area (Å²) in [5.74, 6) is 2.19. The summed E-state index contributed by atoms with van der Waals surface area (Å²) in [6.45, 7) is 8.49. The Balaban J connectivity index is 0.00000141. The molecule has 5 heteroatoms. The molecule has 5 rings (SSSR count). The van der Waals surface area contributed by atoms with Crippen LogP contribution in [0.15, 0.2) is 77.5 Å². The molecule has 3 aliphatic rings. The molecular weight excluding hydrogens is 448 g/mol. The number of thioether (sulfide) groups is 1. The molecule has 3 atom stereocenters. The molecule has 35 heavy (non-hydrogen) atoms. The van der Waals surface area contributed by atoms with Crippen LogP contribution in [-0.2, 0) is 6.42 Å². The smallest absolute Gasteiger partial charge is 0.196 e. The van der Waals surface area contributed by atoms with Gasteiger partial charge in [-0.05, 0) is 60.9 Å². The Hall–Kier alpha value is -2.53. The van der Waals surface area contributed by atoms with Gasteiger partial charge in [-0.3, -0.25) is 4.57 Å². The van der Waals surface area contributed by atoms with Gasteiger partial charge in [0.1, 0.15) is 5.82 Å². The Bertz CT molecular complexity index is 1120. The number of benzene rings is 1. The maximum atomic E-state index is 4.75. The third-order valence-electron chi connectivity index (χ3n) is 6.92. The van der Waals surface area contributed by atoms with Crippen LogP contribution in [0.3, 0.4) is 0 Å².